The van der Waals surface area contributed by atoms with Gasteiger partial charge in [-0.1, -0.05) is 11.2 Å². The van der Waals surface area contributed by atoms with E-state index in [9.17, 15) is 8.42 Å². The number of hydrogen-bond donors (Lipinski definition) is 0. The molecule has 1 aromatic carbocycles. The van der Waals surface area contributed by atoms with Gasteiger partial charge in [0.05, 0.1) is 26.0 Å². The van der Waals surface area contributed by atoms with E-state index in [0.29, 0.717) is 44.7 Å². The summed E-state index contributed by atoms with van der Waals surface area (Å²) in [5.74, 6) is 2.28. The second kappa shape index (κ2) is 10.8. The number of nitrogens with zero attached hydrogens (tertiary/aromatic N) is 6. The first-order valence-corrected chi connectivity index (χ1v) is 13.5. The molecule has 182 valence electrons. The van der Waals surface area contributed by atoms with Crippen molar-refractivity contribution in [2.45, 2.75) is 45.2 Å². The monoisotopic (exact) mass is 478 g/mol. The lowest BCUT2D eigenvalue weighted by atomic mass is 9.92. The largest absolute Gasteiger partial charge is 0.494 e. The SMILES string of the molecule is COCCn1nnc(N2CCC(CCCOc3ccc4c(c3)CCN(S(C)(=O)=O)C4)CC2)n1. The topological polar surface area (TPSA) is 103 Å². The summed E-state index contributed by atoms with van der Waals surface area (Å²) in [4.78, 5) is 3.80. The Labute approximate surface area is 195 Å². The molecule has 0 amide bonds. The lowest BCUT2D eigenvalue weighted by Crippen LogP contribution is -2.35. The standard InChI is InChI=1S/C22H34N6O4S/c1-31-15-13-28-24-22(23-25-28)26-10-7-18(8-11-26)4-3-14-32-21-6-5-20-17-27(33(2,29)30)12-9-19(20)16-21/h5-6,16,18H,3-4,7-15,17H2,1-2H3. The second-order valence-electron chi connectivity index (χ2n) is 8.88. The van der Waals surface area contributed by atoms with Crippen molar-refractivity contribution in [3.63, 3.8) is 0 Å². The van der Waals surface area contributed by atoms with Crippen LogP contribution < -0.4 is 9.64 Å². The van der Waals surface area contributed by atoms with Crippen LogP contribution >= 0.6 is 0 Å². The van der Waals surface area contributed by atoms with Crippen LogP contribution in [0, 0.1) is 5.92 Å². The number of ether oxygens (including phenoxy) is 2. The van der Waals surface area contributed by atoms with Crippen molar-refractivity contribution >= 4 is 16.0 Å². The number of anilines is 1. The number of benzene rings is 1. The molecule has 33 heavy (non-hydrogen) atoms. The van der Waals surface area contributed by atoms with Gasteiger partial charge >= 0.3 is 0 Å². The van der Waals surface area contributed by atoms with Crippen LogP contribution in [-0.4, -0.2) is 79.1 Å². The zero-order chi connectivity index (χ0) is 23.3. The van der Waals surface area contributed by atoms with Crippen molar-refractivity contribution in [3.8, 4) is 5.75 Å². The van der Waals surface area contributed by atoms with E-state index >= 15 is 0 Å². The second-order valence-corrected chi connectivity index (χ2v) is 10.9. The van der Waals surface area contributed by atoms with Gasteiger partial charge in [0.1, 0.15) is 5.75 Å². The Bertz CT molecular complexity index is 1020. The number of piperidine rings is 1. The Morgan fingerprint density at radius 2 is 1.94 bits per heavy atom. The van der Waals surface area contributed by atoms with E-state index in [-0.39, 0.29) is 0 Å². The first kappa shape index (κ1) is 23.9. The third-order valence-electron chi connectivity index (χ3n) is 6.48. The van der Waals surface area contributed by atoms with Gasteiger partial charge in [-0.05, 0) is 66.5 Å². The third kappa shape index (κ3) is 6.42. The molecule has 0 spiro atoms. The molecular weight excluding hydrogens is 444 g/mol. The molecule has 0 bridgehead atoms. The molecule has 2 aliphatic heterocycles. The average molecular weight is 479 g/mol. The van der Waals surface area contributed by atoms with Crippen molar-refractivity contribution in [1.82, 2.24) is 24.5 Å². The zero-order valence-corrected chi connectivity index (χ0v) is 20.3. The summed E-state index contributed by atoms with van der Waals surface area (Å²) in [7, 11) is -1.48. The van der Waals surface area contributed by atoms with Crippen LogP contribution in [0.25, 0.3) is 0 Å². The summed E-state index contributed by atoms with van der Waals surface area (Å²) < 4.78 is 36.1. The fraction of sp³-hybridized carbons (Fsp3) is 0.682. The number of fused-ring (bicyclic) bond motifs is 1. The molecule has 10 nitrogen and oxygen atoms in total. The molecule has 0 unspecified atom stereocenters. The number of methoxy groups -OCH3 is 1. The Kier molecular flexibility index (Phi) is 7.82. The summed E-state index contributed by atoms with van der Waals surface area (Å²) in [6.45, 7) is 4.78. The van der Waals surface area contributed by atoms with Crippen LogP contribution in [0.1, 0.15) is 36.8 Å². The van der Waals surface area contributed by atoms with E-state index in [1.807, 2.05) is 12.1 Å². The molecular formula is C22H34N6O4S. The molecule has 1 aromatic heterocycles. The summed E-state index contributed by atoms with van der Waals surface area (Å²) in [5.41, 5.74) is 2.26. The lowest BCUT2D eigenvalue weighted by molar-refractivity contribution is 0.178. The van der Waals surface area contributed by atoms with Gasteiger partial charge in [-0.2, -0.15) is 9.10 Å². The van der Waals surface area contributed by atoms with E-state index in [2.05, 4.69) is 26.4 Å². The van der Waals surface area contributed by atoms with Gasteiger partial charge < -0.3 is 14.4 Å². The van der Waals surface area contributed by atoms with Crippen molar-refractivity contribution in [2.75, 3.05) is 51.1 Å². The highest BCUT2D eigenvalue weighted by Crippen LogP contribution is 2.26. The maximum absolute atomic E-state index is 11.8. The molecule has 2 aliphatic rings. The number of rotatable bonds is 10. The van der Waals surface area contributed by atoms with Crippen LogP contribution in [0.15, 0.2) is 18.2 Å². The maximum atomic E-state index is 11.8. The summed E-state index contributed by atoms with van der Waals surface area (Å²) in [5, 5.41) is 12.7. The quantitative estimate of drug-likeness (QED) is 0.476. The molecule has 0 atom stereocenters. The number of tetrazole rings is 1. The summed E-state index contributed by atoms with van der Waals surface area (Å²) in [6.07, 6.45) is 6.42. The van der Waals surface area contributed by atoms with E-state index in [4.69, 9.17) is 9.47 Å². The molecule has 3 heterocycles. The van der Waals surface area contributed by atoms with Crippen molar-refractivity contribution in [3.05, 3.63) is 29.3 Å². The molecule has 1 fully saturated rings. The van der Waals surface area contributed by atoms with E-state index in [1.165, 1.54) is 16.1 Å². The molecule has 0 saturated carbocycles. The van der Waals surface area contributed by atoms with E-state index in [0.717, 1.165) is 56.5 Å². The fourth-order valence-corrected chi connectivity index (χ4v) is 5.29. The molecule has 2 aromatic rings. The van der Waals surface area contributed by atoms with Crippen molar-refractivity contribution < 1.29 is 17.9 Å². The van der Waals surface area contributed by atoms with Crippen molar-refractivity contribution in [1.29, 1.82) is 0 Å². The normalized spacial score (nSPS) is 17.8. The first-order chi connectivity index (χ1) is 15.9. The molecule has 4 rings (SSSR count). The third-order valence-corrected chi connectivity index (χ3v) is 7.73. The maximum Gasteiger partial charge on any atom is 0.266 e. The molecule has 1 saturated heterocycles. The van der Waals surface area contributed by atoms with Gasteiger partial charge in [0.15, 0.2) is 0 Å². The van der Waals surface area contributed by atoms with Gasteiger partial charge in [0.2, 0.25) is 10.0 Å². The van der Waals surface area contributed by atoms with Gasteiger partial charge in [0, 0.05) is 33.3 Å². The minimum absolute atomic E-state index is 0.451. The van der Waals surface area contributed by atoms with Crippen LogP contribution in [0.3, 0.4) is 0 Å². The van der Waals surface area contributed by atoms with Gasteiger partial charge in [-0.25, -0.2) is 8.42 Å². The summed E-state index contributed by atoms with van der Waals surface area (Å²) >= 11 is 0. The van der Waals surface area contributed by atoms with Crippen LogP contribution in [0.4, 0.5) is 5.95 Å². The van der Waals surface area contributed by atoms with Gasteiger partial charge in [0.25, 0.3) is 5.95 Å². The van der Waals surface area contributed by atoms with Gasteiger partial charge in [-0.3, -0.25) is 0 Å². The van der Waals surface area contributed by atoms with Crippen LogP contribution in [0.2, 0.25) is 0 Å². The molecule has 0 N–H and O–H groups in total. The smallest absolute Gasteiger partial charge is 0.266 e. The Hall–Kier alpha value is -2.24. The predicted octanol–water partition coefficient (Wildman–Crippen LogP) is 1.71. The van der Waals surface area contributed by atoms with E-state index in [1.54, 1.807) is 11.9 Å². The first-order valence-electron chi connectivity index (χ1n) is 11.6. The van der Waals surface area contributed by atoms with Gasteiger partial charge in [-0.15, -0.1) is 5.10 Å². The van der Waals surface area contributed by atoms with E-state index < -0.39 is 10.0 Å². The van der Waals surface area contributed by atoms with Crippen molar-refractivity contribution in [2.24, 2.45) is 5.92 Å². The highest BCUT2D eigenvalue weighted by atomic mass is 32.2. The number of hydrogen-bond acceptors (Lipinski definition) is 8. The highest BCUT2D eigenvalue weighted by molar-refractivity contribution is 7.88. The van der Waals surface area contributed by atoms with Crippen LogP contribution in [0.5, 0.6) is 5.75 Å². The molecule has 11 heteroatoms. The molecule has 0 radical (unpaired) electrons. The Morgan fingerprint density at radius 1 is 1.12 bits per heavy atom. The minimum Gasteiger partial charge on any atom is -0.494 e. The fourth-order valence-electron chi connectivity index (χ4n) is 4.49. The highest BCUT2D eigenvalue weighted by Gasteiger charge is 2.24. The summed E-state index contributed by atoms with van der Waals surface area (Å²) in [6, 6.07) is 6.02. The number of aromatic nitrogens is 4. The molecule has 0 aliphatic carbocycles. The lowest BCUT2D eigenvalue weighted by Gasteiger charge is -2.30. The Balaban J connectivity index is 1.16. The number of sulfonamides is 1. The predicted molar refractivity (Wildman–Crippen MR) is 125 cm³/mol. The average Bonchev–Trinajstić information content (AvgIpc) is 3.29. The van der Waals surface area contributed by atoms with Crippen LogP contribution in [-0.2, 0) is 34.3 Å². The Morgan fingerprint density at radius 3 is 2.70 bits per heavy atom. The minimum atomic E-state index is -3.15. The zero-order valence-electron chi connectivity index (χ0n) is 19.5.